The number of nitrogen functional groups attached to an aromatic ring is 1. The van der Waals surface area contributed by atoms with Crippen molar-refractivity contribution in [1.82, 2.24) is 19.7 Å². The van der Waals surface area contributed by atoms with Crippen LogP contribution in [0.15, 0.2) is 47.5 Å². The quantitative estimate of drug-likeness (QED) is 0.778. The van der Waals surface area contributed by atoms with Crippen molar-refractivity contribution >= 4 is 29.2 Å². The summed E-state index contributed by atoms with van der Waals surface area (Å²) in [5, 5.41) is 7.75. The van der Waals surface area contributed by atoms with E-state index in [-0.39, 0.29) is 16.0 Å². The van der Waals surface area contributed by atoms with Gasteiger partial charge in [0.2, 0.25) is 11.4 Å². The number of benzene rings is 1. The number of aromatic nitrogens is 4. The summed E-state index contributed by atoms with van der Waals surface area (Å²) in [6.07, 6.45) is 2.81. The van der Waals surface area contributed by atoms with Crippen molar-refractivity contribution in [2.24, 2.45) is 0 Å². The number of pyridine rings is 1. The second-order valence-electron chi connectivity index (χ2n) is 4.40. The molecule has 110 valence electrons. The predicted octanol–water partition coefficient (Wildman–Crippen LogP) is 2.58. The van der Waals surface area contributed by atoms with Crippen LogP contribution in [0.4, 0.5) is 5.95 Å². The summed E-state index contributed by atoms with van der Waals surface area (Å²) >= 11 is 11.8. The van der Waals surface area contributed by atoms with Crippen molar-refractivity contribution in [2.75, 3.05) is 5.73 Å². The predicted molar refractivity (Wildman–Crippen MR) is 85.3 cm³/mol. The summed E-state index contributed by atoms with van der Waals surface area (Å²) in [4.78, 5) is 15.8. The third kappa shape index (κ3) is 2.66. The van der Waals surface area contributed by atoms with Crippen LogP contribution in [0.5, 0.6) is 0 Å². The lowest BCUT2D eigenvalue weighted by atomic mass is 10.1. The van der Waals surface area contributed by atoms with Gasteiger partial charge in [-0.2, -0.15) is 0 Å². The minimum absolute atomic E-state index is 0.0230. The summed E-state index contributed by atoms with van der Waals surface area (Å²) in [7, 11) is 0. The summed E-state index contributed by atoms with van der Waals surface area (Å²) in [6, 6.07) is 9.33. The van der Waals surface area contributed by atoms with Crippen LogP contribution in [-0.2, 0) is 0 Å². The smallest absolute Gasteiger partial charge is 0.240 e. The zero-order chi connectivity index (χ0) is 15.7. The van der Waals surface area contributed by atoms with Gasteiger partial charge >= 0.3 is 0 Å². The molecule has 2 N–H and O–H groups in total. The molecule has 2 heterocycles. The number of nitrogens with zero attached hydrogens (tertiary/aromatic N) is 4. The molecular weight excluding hydrogens is 325 g/mol. The van der Waals surface area contributed by atoms with Crippen LogP contribution in [0.2, 0.25) is 10.0 Å². The van der Waals surface area contributed by atoms with E-state index in [1.54, 1.807) is 0 Å². The fraction of sp³-hybridized carbons (Fsp3) is 0. The Morgan fingerprint density at radius 2 is 1.64 bits per heavy atom. The van der Waals surface area contributed by atoms with Gasteiger partial charge in [-0.05, 0) is 0 Å². The number of rotatable bonds is 2. The SMILES string of the molecule is Nc1nnc(-n2cc(Cl)c(=O)c(Cl)c2)c(-c2ccccc2)n1. The molecule has 8 heteroatoms. The van der Waals surface area contributed by atoms with E-state index in [9.17, 15) is 4.79 Å². The van der Waals surface area contributed by atoms with Crippen LogP contribution in [0, 0.1) is 0 Å². The fourth-order valence-corrected chi connectivity index (χ4v) is 2.39. The van der Waals surface area contributed by atoms with E-state index < -0.39 is 5.43 Å². The monoisotopic (exact) mass is 333 g/mol. The Balaban J connectivity index is 2.26. The molecule has 0 fully saturated rings. The van der Waals surface area contributed by atoms with E-state index in [2.05, 4.69) is 15.2 Å². The second-order valence-corrected chi connectivity index (χ2v) is 5.21. The minimum atomic E-state index is -0.447. The number of halogens is 2. The van der Waals surface area contributed by atoms with Crippen LogP contribution in [0.1, 0.15) is 0 Å². The molecule has 3 aromatic rings. The molecule has 3 rings (SSSR count). The Hall–Kier alpha value is -2.44. The lowest BCUT2D eigenvalue weighted by molar-refractivity contribution is 0.886. The molecule has 0 amide bonds. The molecule has 2 aromatic heterocycles. The van der Waals surface area contributed by atoms with Gasteiger partial charge in [0.05, 0.1) is 0 Å². The zero-order valence-corrected chi connectivity index (χ0v) is 12.6. The number of nitrogens with two attached hydrogens (primary N) is 1. The topological polar surface area (TPSA) is 86.7 Å². The Morgan fingerprint density at radius 1 is 1.00 bits per heavy atom. The highest BCUT2D eigenvalue weighted by Gasteiger charge is 2.14. The number of hydrogen-bond donors (Lipinski definition) is 1. The van der Waals surface area contributed by atoms with Gasteiger partial charge in [-0.3, -0.25) is 4.79 Å². The summed E-state index contributed by atoms with van der Waals surface area (Å²) in [5.41, 5.74) is 6.48. The summed E-state index contributed by atoms with van der Waals surface area (Å²) in [5.74, 6) is 0.407. The molecular formula is C14H9Cl2N5O. The van der Waals surface area contributed by atoms with Gasteiger partial charge < -0.3 is 10.3 Å². The van der Waals surface area contributed by atoms with Crippen molar-refractivity contribution in [1.29, 1.82) is 0 Å². The molecule has 0 aliphatic heterocycles. The molecule has 0 aliphatic rings. The number of anilines is 1. The lowest BCUT2D eigenvalue weighted by Crippen LogP contribution is -2.11. The maximum absolute atomic E-state index is 11.6. The third-order valence-electron chi connectivity index (χ3n) is 2.92. The second kappa shape index (κ2) is 5.75. The van der Waals surface area contributed by atoms with Crippen molar-refractivity contribution in [2.45, 2.75) is 0 Å². The van der Waals surface area contributed by atoms with Crippen LogP contribution < -0.4 is 11.2 Å². The number of hydrogen-bond acceptors (Lipinski definition) is 5. The molecule has 22 heavy (non-hydrogen) atoms. The van der Waals surface area contributed by atoms with Crippen molar-refractivity contribution in [3.63, 3.8) is 0 Å². The molecule has 0 bridgehead atoms. The van der Waals surface area contributed by atoms with Crippen LogP contribution in [0.25, 0.3) is 17.1 Å². The van der Waals surface area contributed by atoms with Gasteiger partial charge in [0.1, 0.15) is 15.7 Å². The third-order valence-corrected chi connectivity index (χ3v) is 3.45. The van der Waals surface area contributed by atoms with Crippen molar-refractivity contribution in [3.05, 3.63) is 63.0 Å². The maximum Gasteiger partial charge on any atom is 0.240 e. The lowest BCUT2D eigenvalue weighted by Gasteiger charge is -2.11. The first kappa shape index (κ1) is 14.5. The first-order valence-electron chi connectivity index (χ1n) is 6.19. The van der Waals surface area contributed by atoms with E-state index in [0.717, 1.165) is 5.56 Å². The highest BCUT2D eigenvalue weighted by atomic mass is 35.5. The molecule has 0 radical (unpaired) electrons. The van der Waals surface area contributed by atoms with E-state index in [1.165, 1.54) is 17.0 Å². The van der Waals surface area contributed by atoms with Gasteiger partial charge in [0, 0.05) is 18.0 Å². The van der Waals surface area contributed by atoms with Gasteiger partial charge in [0.15, 0.2) is 5.82 Å². The Kier molecular flexibility index (Phi) is 3.79. The molecule has 6 nitrogen and oxygen atoms in total. The van der Waals surface area contributed by atoms with Crippen LogP contribution >= 0.6 is 23.2 Å². The molecule has 0 unspecified atom stereocenters. The van der Waals surface area contributed by atoms with Crippen LogP contribution in [-0.4, -0.2) is 19.7 Å². The van der Waals surface area contributed by atoms with Gasteiger partial charge in [-0.1, -0.05) is 53.5 Å². The molecule has 1 aromatic carbocycles. The van der Waals surface area contributed by atoms with E-state index in [0.29, 0.717) is 11.5 Å². The Labute approximate surface area is 135 Å². The Morgan fingerprint density at radius 3 is 2.27 bits per heavy atom. The maximum atomic E-state index is 11.6. The van der Waals surface area contributed by atoms with E-state index in [1.807, 2.05) is 30.3 Å². The van der Waals surface area contributed by atoms with Crippen molar-refractivity contribution < 1.29 is 0 Å². The largest absolute Gasteiger partial charge is 0.366 e. The molecule has 0 aliphatic carbocycles. The average Bonchev–Trinajstić information content (AvgIpc) is 2.53. The molecule has 0 saturated heterocycles. The zero-order valence-electron chi connectivity index (χ0n) is 11.1. The standard InChI is InChI=1S/C14H9Cl2N5O/c15-9-6-21(7-10(16)12(9)22)13-11(18-14(17)20-19-13)8-4-2-1-3-5-8/h1-7H,(H2,17,18,20). The van der Waals surface area contributed by atoms with Gasteiger partial charge in [-0.25, -0.2) is 4.98 Å². The van der Waals surface area contributed by atoms with Crippen LogP contribution in [0.3, 0.4) is 0 Å². The Bertz CT molecular complexity index is 869. The first-order valence-corrected chi connectivity index (χ1v) is 6.95. The molecule has 0 atom stereocenters. The fourth-order valence-electron chi connectivity index (χ4n) is 1.93. The average molecular weight is 334 g/mol. The highest BCUT2D eigenvalue weighted by molar-refractivity contribution is 6.34. The van der Waals surface area contributed by atoms with Gasteiger partial charge in [0.25, 0.3) is 0 Å². The molecule has 0 saturated carbocycles. The highest BCUT2D eigenvalue weighted by Crippen LogP contribution is 2.24. The normalized spacial score (nSPS) is 10.6. The van der Waals surface area contributed by atoms with E-state index >= 15 is 0 Å². The summed E-state index contributed by atoms with van der Waals surface area (Å²) in [6.45, 7) is 0. The summed E-state index contributed by atoms with van der Waals surface area (Å²) < 4.78 is 1.49. The van der Waals surface area contributed by atoms with Gasteiger partial charge in [-0.15, -0.1) is 10.2 Å². The van der Waals surface area contributed by atoms with E-state index in [4.69, 9.17) is 28.9 Å². The van der Waals surface area contributed by atoms with Crippen molar-refractivity contribution in [3.8, 4) is 17.1 Å². The molecule has 0 spiro atoms. The minimum Gasteiger partial charge on any atom is -0.366 e. The first-order chi connectivity index (χ1) is 10.6.